The fourth-order valence-corrected chi connectivity index (χ4v) is 5.58. The van der Waals surface area contributed by atoms with Crippen LogP contribution in [0.25, 0.3) is 0 Å². The van der Waals surface area contributed by atoms with Crippen LogP contribution in [0.2, 0.25) is 5.02 Å². The number of sulfonamides is 1. The van der Waals surface area contributed by atoms with Gasteiger partial charge in [-0.05, 0) is 49.2 Å². The Kier molecular flexibility index (Phi) is 6.98. The minimum absolute atomic E-state index is 0.124. The second-order valence-electron chi connectivity index (χ2n) is 6.38. The normalized spacial score (nSPS) is 14.9. The number of carbonyl (C=O) groups excluding carboxylic acids is 1. The molecular weight excluding hydrogens is 423 g/mol. The highest BCUT2D eigenvalue weighted by Gasteiger charge is 2.26. The van der Waals surface area contributed by atoms with Gasteiger partial charge in [-0.3, -0.25) is 4.79 Å². The summed E-state index contributed by atoms with van der Waals surface area (Å²) in [6.45, 7) is 1.09. The first-order valence-electron chi connectivity index (χ1n) is 8.78. The van der Waals surface area contributed by atoms with Crippen molar-refractivity contribution in [2.75, 3.05) is 24.2 Å². The molecule has 1 amide bonds. The highest BCUT2D eigenvalue weighted by Crippen LogP contribution is 2.25. The molecule has 0 saturated carbocycles. The van der Waals surface area contributed by atoms with Crippen molar-refractivity contribution in [2.45, 2.75) is 23.5 Å². The summed E-state index contributed by atoms with van der Waals surface area (Å²) in [5.41, 5.74) is 0.883. The van der Waals surface area contributed by atoms with Crippen LogP contribution in [-0.4, -0.2) is 37.5 Å². The lowest BCUT2D eigenvalue weighted by atomic mass is 10.2. The zero-order valence-electron chi connectivity index (χ0n) is 15.0. The van der Waals surface area contributed by atoms with Crippen molar-refractivity contribution in [1.82, 2.24) is 4.31 Å². The first-order chi connectivity index (χ1) is 13.4. The highest BCUT2D eigenvalue weighted by atomic mass is 35.5. The van der Waals surface area contributed by atoms with Gasteiger partial charge in [0.2, 0.25) is 15.9 Å². The minimum Gasteiger partial charge on any atom is -0.325 e. The van der Waals surface area contributed by atoms with Gasteiger partial charge in [-0.25, -0.2) is 12.8 Å². The fraction of sp³-hybridized carbons (Fsp3) is 0.316. The first kappa shape index (κ1) is 21.1. The van der Waals surface area contributed by atoms with Crippen molar-refractivity contribution in [3.8, 4) is 0 Å². The van der Waals surface area contributed by atoms with Gasteiger partial charge in [-0.15, -0.1) is 11.8 Å². The molecule has 5 nitrogen and oxygen atoms in total. The van der Waals surface area contributed by atoms with Gasteiger partial charge < -0.3 is 5.32 Å². The lowest BCUT2D eigenvalue weighted by Gasteiger charge is -2.15. The molecule has 0 spiro atoms. The van der Waals surface area contributed by atoms with Gasteiger partial charge in [0.05, 0.1) is 10.6 Å². The number of anilines is 1. The predicted molar refractivity (Wildman–Crippen MR) is 111 cm³/mol. The highest BCUT2D eigenvalue weighted by molar-refractivity contribution is 7.99. The van der Waals surface area contributed by atoms with Crippen molar-refractivity contribution in [1.29, 1.82) is 0 Å². The number of nitrogens with one attached hydrogen (secondary N) is 1. The summed E-state index contributed by atoms with van der Waals surface area (Å²) in [6, 6.07) is 10.6. The molecule has 3 rings (SSSR count). The average molecular weight is 443 g/mol. The number of halogens is 2. The Hall–Kier alpha value is -1.61. The van der Waals surface area contributed by atoms with Gasteiger partial charge in [0.25, 0.3) is 0 Å². The van der Waals surface area contributed by atoms with Crippen molar-refractivity contribution in [3.05, 3.63) is 58.9 Å². The smallest absolute Gasteiger partial charge is 0.243 e. The van der Waals surface area contributed by atoms with Crippen LogP contribution in [0.3, 0.4) is 0 Å². The molecule has 1 heterocycles. The van der Waals surface area contributed by atoms with Crippen LogP contribution in [-0.2, 0) is 20.6 Å². The van der Waals surface area contributed by atoms with E-state index in [1.54, 1.807) is 18.2 Å². The molecule has 0 radical (unpaired) electrons. The van der Waals surface area contributed by atoms with Crippen LogP contribution in [0.4, 0.5) is 10.1 Å². The molecule has 2 aromatic rings. The SMILES string of the molecule is O=C(CSCc1c(F)cccc1Cl)Nc1ccc(S(=O)(=O)N2CCCC2)cc1. The quantitative estimate of drug-likeness (QED) is 0.700. The Balaban J connectivity index is 1.53. The predicted octanol–water partition coefficient (Wildman–Crippen LogP) is 4.14. The topological polar surface area (TPSA) is 66.5 Å². The largest absolute Gasteiger partial charge is 0.325 e. The molecule has 0 bridgehead atoms. The molecule has 0 aromatic heterocycles. The molecule has 150 valence electrons. The fourth-order valence-electron chi connectivity index (χ4n) is 2.90. The zero-order valence-corrected chi connectivity index (χ0v) is 17.4. The summed E-state index contributed by atoms with van der Waals surface area (Å²) in [6.07, 6.45) is 1.76. The van der Waals surface area contributed by atoms with E-state index in [0.717, 1.165) is 12.8 Å². The molecule has 2 aromatic carbocycles. The first-order valence-corrected chi connectivity index (χ1v) is 11.8. The Morgan fingerprint density at radius 3 is 2.46 bits per heavy atom. The second-order valence-corrected chi connectivity index (χ2v) is 9.71. The molecule has 1 N–H and O–H groups in total. The minimum atomic E-state index is -3.47. The third-order valence-electron chi connectivity index (χ3n) is 4.38. The molecule has 0 aliphatic carbocycles. The summed E-state index contributed by atoms with van der Waals surface area (Å²) in [7, 11) is -3.47. The molecule has 0 atom stereocenters. The van der Waals surface area contributed by atoms with Crippen LogP contribution in [0.15, 0.2) is 47.4 Å². The van der Waals surface area contributed by atoms with Crippen LogP contribution in [0.5, 0.6) is 0 Å². The molecule has 1 aliphatic rings. The van der Waals surface area contributed by atoms with E-state index < -0.39 is 15.8 Å². The van der Waals surface area contributed by atoms with Crippen molar-refractivity contribution in [3.63, 3.8) is 0 Å². The van der Waals surface area contributed by atoms with Gasteiger partial charge >= 0.3 is 0 Å². The molecule has 28 heavy (non-hydrogen) atoms. The van der Waals surface area contributed by atoms with Crippen LogP contribution in [0.1, 0.15) is 18.4 Å². The van der Waals surface area contributed by atoms with E-state index in [9.17, 15) is 17.6 Å². The lowest BCUT2D eigenvalue weighted by molar-refractivity contribution is -0.113. The van der Waals surface area contributed by atoms with Gasteiger partial charge in [-0.1, -0.05) is 17.7 Å². The molecule has 9 heteroatoms. The number of carbonyl (C=O) groups is 1. The van der Waals surface area contributed by atoms with E-state index in [1.807, 2.05) is 0 Å². The molecule has 1 fully saturated rings. The standard InChI is InChI=1S/C19H20ClFN2O3S2/c20-17-4-3-5-18(21)16(17)12-27-13-19(24)22-14-6-8-15(9-7-14)28(25,26)23-10-1-2-11-23/h3-9H,1-2,10-13H2,(H,22,24). The van der Waals surface area contributed by atoms with Crippen molar-refractivity contribution >= 4 is 45.0 Å². The summed E-state index contributed by atoms with van der Waals surface area (Å²) in [4.78, 5) is 12.3. The summed E-state index contributed by atoms with van der Waals surface area (Å²) in [5, 5.41) is 3.05. The van der Waals surface area contributed by atoms with E-state index in [-0.39, 0.29) is 22.3 Å². The third kappa shape index (κ3) is 5.05. The van der Waals surface area contributed by atoms with Crippen LogP contribution in [0, 0.1) is 5.82 Å². The van der Waals surface area contributed by atoms with E-state index in [4.69, 9.17) is 11.6 Å². The van der Waals surface area contributed by atoms with Crippen LogP contribution >= 0.6 is 23.4 Å². The van der Waals surface area contributed by atoms with Crippen LogP contribution < -0.4 is 5.32 Å². The number of amides is 1. The molecule has 0 unspecified atom stereocenters. The molecular formula is C19H20ClFN2O3S2. The van der Waals surface area contributed by atoms with E-state index >= 15 is 0 Å². The van der Waals surface area contributed by atoms with Gasteiger partial charge in [0, 0.05) is 35.1 Å². The van der Waals surface area contributed by atoms with Crippen molar-refractivity contribution in [2.24, 2.45) is 0 Å². The van der Waals surface area contributed by atoms with Crippen molar-refractivity contribution < 1.29 is 17.6 Å². The molecule has 1 aliphatic heterocycles. The Morgan fingerprint density at radius 1 is 1.14 bits per heavy atom. The van der Waals surface area contributed by atoms with E-state index in [2.05, 4.69) is 5.32 Å². The second kappa shape index (κ2) is 9.26. The number of rotatable bonds is 7. The monoisotopic (exact) mass is 442 g/mol. The summed E-state index contributed by atoms with van der Waals surface area (Å²) < 4.78 is 40.2. The van der Waals surface area contributed by atoms with Gasteiger partial charge in [0.1, 0.15) is 5.82 Å². The maximum absolute atomic E-state index is 13.7. The van der Waals surface area contributed by atoms with E-state index in [1.165, 1.54) is 40.3 Å². The number of nitrogens with zero attached hydrogens (tertiary/aromatic N) is 1. The Labute approximate surface area is 173 Å². The summed E-state index contributed by atoms with van der Waals surface area (Å²) >= 11 is 7.21. The summed E-state index contributed by atoms with van der Waals surface area (Å²) in [5.74, 6) is -0.243. The zero-order chi connectivity index (χ0) is 20.1. The maximum Gasteiger partial charge on any atom is 0.243 e. The van der Waals surface area contributed by atoms with Gasteiger partial charge in [-0.2, -0.15) is 4.31 Å². The molecule has 1 saturated heterocycles. The maximum atomic E-state index is 13.7. The number of hydrogen-bond donors (Lipinski definition) is 1. The number of benzene rings is 2. The van der Waals surface area contributed by atoms with Gasteiger partial charge in [0.15, 0.2) is 0 Å². The Morgan fingerprint density at radius 2 is 1.82 bits per heavy atom. The number of hydrogen-bond acceptors (Lipinski definition) is 4. The lowest BCUT2D eigenvalue weighted by Crippen LogP contribution is -2.27. The van der Waals surface area contributed by atoms with E-state index in [0.29, 0.717) is 29.4 Å². The third-order valence-corrected chi connectivity index (χ3v) is 7.61. The number of thioether (sulfide) groups is 1. The Bertz CT molecular complexity index is 926. The average Bonchev–Trinajstić information content (AvgIpc) is 3.20.